The number of nitrogens with two attached hydrogens (primary N) is 1. The second kappa shape index (κ2) is 8.81. The zero-order valence-corrected chi connectivity index (χ0v) is 14.3. The maximum absolute atomic E-state index is 12.2. The molecule has 1 rings (SSSR count). The fraction of sp³-hybridized carbons (Fsp3) is 0.500. The van der Waals surface area contributed by atoms with Crippen molar-refractivity contribution in [3.05, 3.63) is 35.4 Å². The summed E-state index contributed by atoms with van der Waals surface area (Å²) in [6, 6.07) is 7.25. The van der Waals surface area contributed by atoms with E-state index in [1.807, 2.05) is 19.1 Å². The SMILES string of the molecule is COCCC[NH2+][C@@H](NC(=O)c1cccc(C)c1)C(Cl)(Cl)Cl. The van der Waals surface area contributed by atoms with E-state index < -0.39 is 9.96 Å². The molecule has 0 radical (unpaired) electrons. The number of rotatable bonds is 7. The van der Waals surface area contributed by atoms with E-state index in [4.69, 9.17) is 39.5 Å². The Morgan fingerprint density at radius 2 is 2.14 bits per heavy atom. The Kier molecular flexibility index (Phi) is 7.77. The monoisotopic (exact) mass is 353 g/mol. The number of quaternary nitrogens is 1. The number of hydrogen-bond acceptors (Lipinski definition) is 2. The van der Waals surface area contributed by atoms with Crippen LogP contribution in [0.2, 0.25) is 0 Å². The largest absolute Gasteiger partial charge is 0.384 e. The molecule has 0 aliphatic heterocycles. The summed E-state index contributed by atoms with van der Waals surface area (Å²) in [6.07, 6.45) is 0.140. The number of aryl methyl sites for hydroxylation is 1. The van der Waals surface area contributed by atoms with Crippen molar-refractivity contribution in [2.75, 3.05) is 20.3 Å². The summed E-state index contributed by atoms with van der Waals surface area (Å²) in [6.45, 7) is 3.22. The third kappa shape index (κ3) is 6.85. The van der Waals surface area contributed by atoms with E-state index in [2.05, 4.69) is 5.32 Å². The van der Waals surface area contributed by atoms with Gasteiger partial charge in [-0.2, -0.15) is 0 Å². The Hall–Kier alpha value is -0.520. The van der Waals surface area contributed by atoms with Crippen molar-refractivity contribution >= 4 is 40.7 Å². The minimum atomic E-state index is -1.59. The van der Waals surface area contributed by atoms with Crippen LogP contribution >= 0.6 is 34.8 Å². The van der Waals surface area contributed by atoms with E-state index in [9.17, 15) is 4.79 Å². The number of amides is 1. The van der Waals surface area contributed by atoms with Gasteiger partial charge in [0.1, 0.15) is 0 Å². The minimum absolute atomic E-state index is 0.266. The summed E-state index contributed by atoms with van der Waals surface area (Å²) >= 11 is 17.8. The number of alkyl halides is 3. The standard InChI is InChI=1S/C14H19Cl3N2O2/c1-10-5-3-6-11(9-10)12(20)19-13(14(15,16)17)18-7-4-8-21-2/h3,5-6,9,13,18H,4,7-8H2,1-2H3,(H,19,20)/p+1/t13-/m0/s1. The molecule has 0 aromatic heterocycles. The van der Waals surface area contributed by atoms with Crippen LogP contribution in [0.4, 0.5) is 0 Å². The van der Waals surface area contributed by atoms with Gasteiger partial charge in [0, 0.05) is 19.1 Å². The highest BCUT2D eigenvalue weighted by Crippen LogP contribution is 2.27. The van der Waals surface area contributed by atoms with Gasteiger partial charge in [-0.3, -0.25) is 10.1 Å². The van der Waals surface area contributed by atoms with Gasteiger partial charge in [-0.15, -0.1) is 0 Å². The summed E-state index contributed by atoms with van der Waals surface area (Å²) in [5.74, 6) is -0.266. The summed E-state index contributed by atoms with van der Waals surface area (Å²) in [7, 11) is 1.63. The molecule has 0 spiro atoms. The first-order chi connectivity index (χ1) is 9.84. The number of hydrogen-bond donors (Lipinski definition) is 2. The molecular weight excluding hydrogens is 335 g/mol. The fourth-order valence-corrected chi connectivity index (χ4v) is 2.23. The Balaban J connectivity index is 2.65. The van der Waals surface area contributed by atoms with Gasteiger partial charge in [-0.25, -0.2) is 0 Å². The van der Waals surface area contributed by atoms with Gasteiger partial charge < -0.3 is 10.1 Å². The smallest absolute Gasteiger partial charge is 0.262 e. The quantitative estimate of drug-likeness (QED) is 0.447. The van der Waals surface area contributed by atoms with Crippen LogP contribution in [0, 0.1) is 6.92 Å². The molecular formula is C14H20Cl3N2O2+. The first-order valence-corrected chi connectivity index (χ1v) is 7.74. The Labute approximate surface area is 140 Å². The van der Waals surface area contributed by atoms with Crippen molar-refractivity contribution in [1.29, 1.82) is 0 Å². The zero-order chi connectivity index (χ0) is 15.9. The maximum Gasteiger partial charge on any atom is 0.262 e. The van der Waals surface area contributed by atoms with E-state index in [-0.39, 0.29) is 5.91 Å². The highest BCUT2D eigenvalue weighted by molar-refractivity contribution is 6.68. The number of benzene rings is 1. The predicted molar refractivity (Wildman–Crippen MR) is 86.0 cm³/mol. The molecule has 1 aromatic rings. The molecule has 0 saturated carbocycles. The lowest BCUT2D eigenvalue weighted by atomic mass is 10.1. The van der Waals surface area contributed by atoms with Crippen LogP contribution in [0.3, 0.4) is 0 Å². The molecule has 0 unspecified atom stereocenters. The van der Waals surface area contributed by atoms with Crippen molar-refractivity contribution in [2.24, 2.45) is 0 Å². The van der Waals surface area contributed by atoms with Gasteiger partial charge in [0.05, 0.1) is 13.2 Å². The summed E-state index contributed by atoms with van der Waals surface area (Å²) in [4.78, 5) is 12.2. The Bertz CT molecular complexity index is 464. The molecule has 21 heavy (non-hydrogen) atoms. The summed E-state index contributed by atoms with van der Waals surface area (Å²) < 4.78 is 3.38. The van der Waals surface area contributed by atoms with Crippen LogP contribution < -0.4 is 10.6 Å². The van der Waals surface area contributed by atoms with Crippen LogP contribution in [0.5, 0.6) is 0 Å². The number of carbonyl (C=O) groups excluding carboxylic acids is 1. The highest BCUT2D eigenvalue weighted by atomic mass is 35.6. The minimum Gasteiger partial charge on any atom is -0.384 e. The highest BCUT2D eigenvalue weighted by Gasteiger charge is 2.37. The van der Waals surface area contributed by atoms with Gasteiger partial charge in [-0.1, -0.05) is 52.5 Å². The van der Waals surface area contributed by atoms with E-state index in [1.165, 1.54) is 0 Å². The van der Waals surface area contributed by atoms with Gasteiger partial charge in [0.15, 0.2) is 0 Å². The number of methoxy groups -OCH3 is 1. The lowest BCUT2D eigenvalue weighted by molar-refractivity contribution is -0.692. The van der Waals surface area contributed by atoms with E-state index in [0.717, 1.165) is 12.0 Å². The molecule has 1 amide bonds. The molecule has 1 aromatic carbocycles. The van der Waals surface area contributed by atoms with Crippen molar-refractivity contribution in [3.63, 3.8) is 0 Å². The third-order valence-electron chi connectivity index (χ3n) is 2.87. The first kappa shape index (κ1) is 18.5. The van der Waals surface area contributed by atoms with E-state index in [1.54, 1.807) is 24.6 Å². The molecule has 0 heterocycles. The molecule has 3 N–H and O–H groups in total. The molecule has 0 aliphatic carbocycles. The molecule has 1 atom stereocenters. The van der Waals surface area contributed by atoms with Crippen LogP contribution in [0.1, 0.15) is 22.3 Å². The Morgan fingerprint density at radius 3 is 2.71 bits per heavy atom. The average molecular weight is 355 g/mol. The number of nitrogens with one attached hydrogen (secondary N) is 1. The number of halogens is 3. The van der Waals surface area contributed by atoms with Crippen LogP contribution in [0.15, 0.2) is 24.3 Å². The lowest BCUT2D eigenvalue weighted by Crippen LogP contribution is -2.96. The fourth-order valence-electron chi connectivity index (χ4n) is 1.80. The van der Waals surface area contributed by atoms with Gasteiger partial charge in [-0.05, 0) is 19.1 Å². The first-order valence-electron chi connectivity index (χ1n) is 6.61. The van der Waals surface area contributed by atoms with Crippen LogP contribution in [-0.4, -0.2) is 36.1 Å². The number of ether oxygens (including phenoxy) is 1. The maximum atomic E-state index is 12.2. The van der Waals surface area contributed by atoms with Crippen molar-refractivity contribution in [2.45, 2.75) is 23.3 Å². The van der Waals surface area contributed by atoms with Crippen molar-refractivity contribution in [3.8, 4) is 0 Å². The number of carbonyl (C=O) groups is 1. The predicted octanol–water partition coefficient (Wildman–Crippen LogP) is 2.02. The van der Waals surface area contributed by atoms with E-state index >= 15 is 0 Å². The second-order valence-corrected chi connectivity index (χ2v) is 7.10. The molecule has 0 fully saturated rings. The van der Waals surface area contributed by atoms with Crippen LogP contribution in [-0.2, 0) is 4.74 Å². The summed E-state index contributed by atoms with van der Waals surface area (Å²) in [5, 5.41) is 4.54. The molecule has 4 nitrogen and oxygen atoms in total. The molecule has 0 bridgehead atoms. The van der Waals surface area contributed by atoms with E-state index in [0.29, 0.717) is 18.7 Å². The lowest BCUT2D eigenvalue weighted by Gasteiger charge is -2.23. The Morgan fingerprint density at radius 1 is 1.43 bits per heavy atom. The normalized spacial score (nSPS) is 13.0. The van der Waals surface area contributed by atoms with Gasteiger partial charge in [0.2, 0.25) is 6.17 Å². The molecule has 0 aliphatic rings. The third-order valence-corrected chi connectivity index (χ3v) is 3.58. The molecule has 0 saturated heterocycles. The molecule has 118 valence electrons. The van der Waals surface area contributed by atoms with Crippen molar-refractivity contribution < 1.29 is 14.8 Å². The van der Waals surface area contributed by atoms with Crippen molar-refractivity contribution in [1.82, 2.24) is 5.32 Å². The van der Waals surface area contributed by atoms with Gasteiger partial charge >= 0.3 is 0 Å². The zero-order valence-electron chi connectivity index (χ0n) is 12.0. The second-order valence-electron chi connectivity index (χ2n) is 4.73. The van der Waals surface area contributed by atoms with Crippen LogP contribution in [0.25, 0.3) is 0 Å². The summed E-state index contributed by atoms with van der Waals surface area (Å²) in [5.41, 5.74) is 1.54. The molecule has 7 heteroatoms. The van der Waals surface area contributed by atoms with Gasteiger partial charge in [0.25, 0.3) is 9.70 Å². The topological polar surface area (TPSA) is 54.9 Å². The average Bonchev–Trinajstić information content (AvgIpc) is 2.40.